The van der Waals surface area contributed by atoms with Crippen LogP contribution in [0.25, 0.3) is 0 Å². The number of aliphatic hydroxyl groups excluding tert-OH is 1. The molecule has 0 aliphatic carbocycles. The Morgan fingerprint density at radius 2 is 1.96 bits per heavy atom. The van der Waals surface area contributed by atoms with Crippen LogP contribution in [0.1, 0.15) is 60.3 Å². The van der Waals surface area contributed by atoms with Crippen LogP contribution in [0.5, 0.6) is 0 Å². The molecule has 0 aromatic heterocycles. The molecular formula is C20H43IN4O. The van der Waals surface area contributed by atoms with Crippen LogP contribution in [0.3, 0.4) is 0 Å². The second-order valence-corrected chi connectivity index (χ2v) is 8.21. The second-order valence-electron chi connectivity index (χ2n) is 8.21. The fourth-order valence-corrected chi connectivity index (χ4v) is 3.67. The Kier molecular flexibility index (Phi) is 14.9. The van der Waals surface area contributed by atoms with Crippen molar-refractivity contribution in [2.45, 2.75) is 66.3 Å². The molecule has 1 aliphatic heterocycles. The Morgan fingerprint density at radius 3 is 2.54 bits per heavy atom. The van der Waals surface area contributed by atoms with Gasteiger partial charge in [-0.3, -0.25) is 4.99 Å². The van der Waals surface area contributed by atoms with Gasteiger partial charge in [-0.05, 0) is 70.8 Å². The van der Waals surface area contributed by atoms with Crippen molar-refractivity contribution < 1.29 is 5.11 Å². The van der Waals surface area contributed by atoms with Crippen molar-refractivity contribution in [3.63, 3.8) is 0 Å². The van der Waals surface area contributed by atoms with E-state index in [0.717, 1.165) is 38.4 Å². The van der Waals surface area contributed by atoms with Gasteiger partial charge in [-0.15, -0.1) is 24.0 Å². The number of rotatable bonds is 10. The zero-order valence-corrected chi connectivity index (χ0v) is 20.0. The van der Waals surface area contributed by atoms with Crippen LogP contribution in [0.2, 0.25) is 0 Å². The van der Waals surface area contributed by atoms with Gasteiger partial charge < -0.3 is 20.6 Å². The van der Waals surface area contributed by atoms with E-state index in [-0.39, 0.29) is 30.6 Å². The van der Waals surface area contributed by atoms with Gasteiger partial charge in [0.15, 0.2) is 5.96 Å². The highest BCUT2D eigenvalue weighted by Gasteiger charge is 2.21. The molecular weight excluding hydrogens is 439 g/mol. The monoisotopic (exact) mass is 482 g/mol. The van der Waals surface area contributed by atoms with Gasteiger partial charge in [0.1, 0.15) is 0 Å². The summed E-state index contributed by atoms with van der Waals surface area (Å²) in [5.74, 6) is 2.73. The first-order valence-electron chi connectivity index (χ1n) is 10.3. The molecule has 1 heterocycles. The van der Waals surface area contributed by atoms with E-state index in [9.17, 15) is 5.11 Å². The summed E-state index contributed by atoms with van der Waals surface area (Å²) in [6.07, 6.45) is 4.56. The summed E-state index contributed by atoms with van der Waals surface area (Å²) in [5.41, 5.74) is 0. The average molecular weight is 482 g/mol. The second kappa shape index (κ2) is 14.9. The minimum Gasteiger partial charge on any atom is -0.396 e. The molecule has 1 aliphatic rings. The van der Waals surface area contributed by atoms with E-state index in [1.807, 2.05) is 0 Å². The zero-order chi connectivity index (χ0) is 18.7. The van der Waals surface area contributed by atoms with E-state index in [4.69, 9.17) is 4.99 Å². The third kappa shape index (κ3) is 10.9. The van der Waals surface area contributed by atoms with Gasteiger partial charge in [0, 0.05) is 38.8 Å². The first-order chi connectivity index (χ1) is 12.0. The molecule has 26 heavy (non-hydrogen) atoms. The Morgan fingerprint density at radius 1 is 1.23 bits per heavy atom. The van der Waals surface area contributed by atoms with Gasteiger partial charge in [-0.25, -0.2) is 0 Å². The molecule has 0 saturated carbocycles. The average Bonchev–Trinajstić information content (AvgIpc) is 2.57. The number of piperidine rings is 1. The van der Waals surface area contributed by atoms with Gasteiger partial charge >= 0.3 is 0 Å². The summed E-state index contributed by atoms with van der Waals surface area (Å²) in [6, 6.07) is 0.639. The predicted molar refractivity (Wildman–Crippen MR) is 123 cm³/mol. The Balaban J connectivity index is 0.00000625. The lowest BCUT2D eigenvalue weighted by molar-refractivity contribution is 0.141. The van der Waals surface area contributed by atoms with Gasteiger partial charge in [-0.1, -0.05) is 13.8 Å². The lowest BCUT2D eigenvalue weighted by Gasteiger charge is -2.35. The van der Waals surface area contributed by atoms with Crippen LogP contribution in [0, 0.1) is 17.8 Å². The van der Waals surface area contributed by atoms with Crippen LogP contribution in [-0.2, 0) is 0 Å². The minimum absolute atomic E-state index is 0. The largest absolute Gasteiger partial charge is 0.396 e. The summed E-state index contributed by atoms with van der Waals surface area (Å²) in [5, 5.41) is 16.2. The van der Waals surface area contributed by atoms with Gasteiger partial charge in [0.05, 0.1) is 0 Å². The van der Waals surface area contributed by atoms with E-state index in [2.05, 4.69) is 50.2 Å². The molecule has 0 radical (unpaired) electrons. The molecule has 1 fully saturated rings. The maximum absolute atomic E-state index is 9.28. The Bertz CT molecular complexity index is 377. The number of hydrogen-bond donors (Lipinski definition) is 3. The number of likely N-dealkylation sites (tertiary alicyclic amines) is 1. The highest BCUT2D eigenvalue weighted by molar-refractivity contribution is 14.0. The third-order valence-electron chi connectivity index (χ3n) is 5.03. The number of aliphatic imine (C=N–C) groups is 1. The smallest absolute Gasteiger partial charge is 0.191 e. The van der Waals surface area contributed by atoms with E-state index < -0.39 is 0 Å². The first-order valence-corrected chi connectivity index (χ1v) is 10.3. The molecule has 0 amide bonds. The van der Waals surface area contributed by atoms with Crippen molar-refractivity contribution in [1.29, 1.82) is 0 Å². The Labute approximate surface area is 178 Å². The van der Waals surface area contributed by atoms with Crippen molar-refractivity contribution in [1.82, 2.24) is 15.5 Å². The van der Waals surface area contributed by atoms with Crippen LogP contribution >= 0.6 is 24.0 Å². The molecule has 1 saturated heterocycles. The number of aliphatic hydroxyl groups is 1. The SMILES string of the molecule is CCNC(=NCC(CCO)CC(C)C)NCC1CCCN(C(C)C)C1.I. The van der Waals surface area contributed by atoms with Gasteiger partial charge in [0.25, 0.3) is 0 Å². The summed E-state index contributed by atoms with van der Waals surface area (Å²) in [4.78, 5) is 7.38. The molecule has 3 N–H and O–H groups in total. The summed E-state index contributed by atoms with van der Waals surface area (Å²) in [7, 11) is 0. The van der Waals surface area contributed by atoms with Crippen molar-refractivity contribution in [3.05, 3.63) is 0 Å². The maximum atomic E-state index is 9.28. The highest BCUT2D eigenvalue weighted by Crippen LogP contribution is 2.18. The van der Waals surface area contributed by atoms with E-state index in [1.54, 1.807) is 0 Å². The van der Waals surface area contributed by atoms with Crippen molar-refractivity contribution in [2.24, 2.45) is 22.7 Å². The molecule has 2 unspecified atom stereocenters. The topological polar surface area (TPSA) is 59.9 Å². The van der Waals surface area contributed by atoms with E-state index in [1.165, 1.54) is 25.9 Å². The number of halogens is 1. The molecule has 1 rings (SSSR count). The van der Waals surface area contributed by atoms with Crippen LogP contribution in [0.15, 0.2) is 4.99 Å². The number of guanidine groups is 1. The van der Waals surface area contributed by atoms with E-state index >= 15 is 0 Å². The van der Waals surface area contributed by atoms with Crippen molar-refractivity contribution >= 4 is 29.9 Å². The normalized spacial score (nSPS) is 20.2. The molecule has 6 heteroatoms. The summed E-state index contributed by atoms with van der Waals surface area (Å²) in [6.45, 7) is 16.5. The first kappa shape index (κ1) is 25.9. The third-order valence-corrected chi connectivity index (χ3v) is 5.03. The van der Waals surface area contributed by atoms with Gasteiger partial charge in [0.2, 0.25) is 0 Å². The molecule has 2 atom stereocenters. The van der Waals surface area contributed by atoms with Crippen molar-refractivity contribution in [3.8, 4) is 0 Å². The lowest BCUT2D eigenvalue weighted by atomic mass is 9.94. The predicted octanol–water partition coefficient (Wildman–Crippen LogP) is 3.32. The fourth-order valence-electron chi connectivity index (χ4n) is 3.67. The summed E-state index contributed by atoms with van der Waals surface area (Å²) >= 11 is 0. The number of nitrogens with one attached hydrogen (secondary N) is 2. The van der Waals surface area contributed by atoms with Crippen molar-refractivity contribution in [2.75, 3.05) is 39.3 Å². The molecule has 5 nitrogen and oxygen atoms in total. The van der Waals surface area contributed by atoms with Crippen LogP contribution in [0.4, 0.5) is 0 Å². The zero-order valence-electron chi connectivity index (χ0n) is 17.6. The standard InChI is InChI=1S/C20H42N4O.HI/c1-6-21-20(22-13-18(9-11-25)12-16(2)3)23-14-19-8-7-10-24(15-19)17(4)5;/h16-19,25H,6-15H2,1-5H3,(H2,21,22,23);1H. The number of hydrogen-bond acceptors (Lipinski definition) is 3. The molecule has 0 aromatic rings. The Hall–Kier alpha value is -0.0800. The van der Waals surface area contributed by atoms with Crippen LogP contribution in [-0.4, -0.2) is 61.3 Å². The molecule has 0 aromatic carbocycles. The van der Waals surface area contributed by atoms with E-state index in [0.29, 0.717) is 23.8 Å². The highest BCUT2D eigenvalue weighted by atomic mass is 127. The fraction of sp³-hybridized carbons (Fsp3) is 0.950. The summed E-state index contributed by atoms with van der Waals surface area (Å²) < 4.78 is 0. The van der Waals surface area contributed by atoms with Gasteiger partial charge in [-0.2, -0.15) is 0 Å². The molecule has 0 bridgehead atoms. The maximum Gasteiger partial charge on any atom is 0.191 e. The lowest BCUT2D eigenvalue weighted by Crippen LogP contribution is -2.46. The molecule has 156 valence electrons. The molecule has 0 spiro atoms. The van der Waals surface area contributed by atoms with Crippen LogP contribution < -0.4 is 10.6 Å². The quantitative estimate of drug-likeness (QED) is 0.254. The minimum atomic E-state index is 0. The number of nitrogens with zero attached hydrogens (tertiary/aromatic N) is 2.